The van der Waals surface area contributed by atoms with Crippen LogP contribution in [0.2, 0.25) is 0 Å². The Bertz CT molecular complexity index is 1090. The molecule has 1 N–H and O–H groups in total. The summed E-state index contributed by atoms with van der Waals surface area (Å²) >= 11 is 0. The van der Waals surface area contributed by atoms with Crippen LogP contribution in [0.1, 0.15) is 36.5 Å². The van der Waals surface area contributed by atoms with Gasteiger partial charge in [0.05, 0.1) is 6.54 Å². The highest BCUT2D eigenvalue weighted by molar-refractivity contribution is 5.73. The quantitative estimate of drug-likeness (QED) is 0.583. The minimum atomic E-state index is -0.578. The first-order chi connectivity index (χ1) is 16.0. The second kappa shape index (κ2) is 8.56. The highest BCUT2D eigenvalue weighted by atomic mass is 16.6. The van der Waals surface area contributed by atoms with Gasteiger partial charge in [-0.05, 0) is 35.7 Å². The van der Waals surface area contributed by atoms with Crippen molar-refractivity contribution in [3.63, 3.8) is 0 Å². The molecule has 0 radical (unpaired) electrons. The van der Waals surface area contributed by atoms with Crippen LogP contribution in [-0.2, 0) is 23.4 Å². The summed E-state index contributed by atoms with van der Waals surface area (Å²) in [5, 5.41) is 9.56. The van der Waals surface area contributed by atoms with Gasteiger partial charge in [-0.1, -0.05) is 72.8 Å². The second-order valence-electron chi connectivity index (χ2n) is 9.31. The summed E-state index contributed by atoms with van der Waals surface area (Å²) in [6.45, 7) is 5.20. The molecule has 2 aliphatic heterocycles. The van der Waals surface area contributed by atoms with Crippen molar-refractivity contribution >= 4 is 6.09 Å². The molecule has 5 heteroatoms. The zero-order chi connectivity index (χ0) is 22.9. The van der Waals surface area contributed by atoms with Crippen molar-refractivity contribution in [1.29, 1.82) is 0 Å². The highest BCUT2D eigenvalue weighted by Gasteiger charge is 2.63. The van der Waals surface area contributed by atoms with Crippen LogP contribution >= 0.6 is 0 Å². The van der Waals surface area contributed by atoms with Crippen molar-refractivity contribution in [3.8, 4) is 5.75 Å². The van der Waals surface area contributed by atoms with E-state index in [1.54, 1.807) is 12.1 Å². The number of nitrogens with zero attached hydrogens (tertiary/aromatic N) is 2. The molecular formula is C28H30N2O3. The first-order valence-corrected chi connectivity index (χ1v) is 11.6. The number of aromatic hydroxyl groups is 1. The van der Waals surface area contributed by atoms with Crippen LogP contribution in [0.3, 0.4) is 0 Å². The number of ether oxygens (including phenoxy) is 1. The molecule has 0 aliphatic carbocycles. The van der Waals surface area contributed by atoms with Gasteiger partial charge in [0, 0.05) is 32.5 Å². The maximum atomic E-state index is 13.3. The van der Waals surface area contributed by atoms with Crippen LogP contribution < -0.4 is 0 Å². The summed E-state index contributed by atoms with van der Waals surface area (Å²) in [4.78, 5) is 17.6. The Balaban J connectivity index is 1.42. The summed E-state index contributed by atoms with van der Waals surface area (Å²) < 4.78 is 6.29. The number of hydrogen-bond acceptors (Lipinski definition) is 4. The van der Waals surface area contributed by atoms with Crippen molar-refractivity contribution in [1.82, 2.24) is 9.80 Å². The van der Waals surface area contributed by atoms with Gasteiger partial charge in [0.1, 0.15) is 16.9 Å². The lowest BCUT2D eigenvalue weighted by atomic mass is 9.70. The minimum Gasteiger partial charge on any atom is -0.508 e. The van der Waals surface area contributed by atoms with E-state index in [9.17, 15) is 9.90 Å². The number of piperidine rings is 1. The van der Waals surface area contributed by atoms with Crippen LogP contribution in [0.5, 0.6) is 5.75 Å². The fourth-order valence-electron chi connectivity index (χ4n) is 5.44. The zero-order valence-corrected chi connectivity index (χ0v) is 19.0. The molecule has 5 nitrogen and oxygen atoms in total. The molecule has 1 atom stereocenters. The van der Waals surface area contributed by atoms with E-state index in [1.165, 1.54) is 5.56 Å². The van der Waals surface area contributed by atoms with Gasteiger partial charge in [-0.2, -0.15) is 0 Å². The first kappa shape index (κ1) is 21.5. The van der Waals surface area contributed by atoms with E-state index >= 15 is 0 Å². The molecule has 0 aromatic heterocycles. The standard InChI is InChI=1S/C28H30N2O3/c1-27(24-10-6-3-7-11-24)28(33-26(32)30(27)21-22-8-4-2-5-9-22)16-18-29(19-17-28)20-23-12-14-25(31)15-13-23/h2-15,31H,16-21H2,1H3. The third kappa shape index (κ3) is 3.87. The van der Waals surface area contributed by atoms with Gasteiger partial charge in [-0.25, -0.2) is 4.79 Å². The average Bonchev–Trinajstić information content (AvgIpc) is 3.05. The maximum absolute atomic E-state index is 13.3. The largest absolute Gasteiger partial charge is 0.508 e. The molecule has 170 valence electrons. The lowest BCUT2D eigenvalue weighted by molar-refractivity contribution is -0.0614. The van der Waals surface area contributed by atoms with Gasteiger partial charge < -0.3 is 9.84 Å². The molecule has 1 unspecified atom stereocenters. The van der Waals surface area contributed by atoms with E-state index < -0.39 is 11.1 Å². The van der Waals surface area contributed by atoms with Crippen LogP contribution in [-0.4, -0.2) is 39.7 Å². The summed E-state index contributed by atoms with van der Waals surface area (Å²) in [6, 6.07) is 27.8. The van der Waals surface area contributed by atoms with Crippen molar-refractivity contribution in [2.75, 3.05) is 13.1 Å². The monoisotopic (exact) mass is 442 g/mol. The van der Waals surface area contributed by atoms with Gasteiger partial charge in [0.25, 0.3) is 0 Å². The number of carbonyl (C=O) groups excluding carboxylic acids is 1. The van der Waals surface area contributed by atoms with Gasteiger partial charge >= 0.3 is 6.09 Å². The number of carbonyl (C=O) groups is 1. The maximum Gasteiger partial charge on any atom is 0.411 e. The molecule has 5 rings (SSSR count). The SMILES string of the molecule is CC1(c2ccccc2)N(Cc2ccccc2)C(=O)OC12CCN(Cc1ccc(O)cc1)CC2. The van der Waals surface area contributed by atoms with E-state index in [0.29, 0.717) is 6.54 Å². The Morgan fingerprint density at radius 3 is 2.03 bits per heavy atom. The Morgan fingerprint density at radius 2 is 1.39 bits per heavy atom. The number of amides is 1. The van der Waals surface area contributed by atoms with Crippen LogP contribution in [0, 0.1) is 0 Å². The third-order valence-corrected chi connectivity index (χ3v) is 7.46. The molecule has 33 heavy (non-hydrogen) atoms. The third-order valence-electron chi connectivity index (χ3n) is 7.46. The van der Waals surface area contributed by atoms with E-state index in [-0.39, 0.29) is 11.8 Å². The van der Waals surface area contributed by atoms with E-state index in [4.69, 9.17) is 4.74 Å². The molecule has 0 saturated carbocycles. The number of benzene rings is 3. The number of likely N-dealkylation sites (tertiary alicyclic amines) is 1. The fraction of sp³-hybridized carbons (Fsp3) is 0.321. The zero-order valence-electron chi connectivity index (χ0n) is 19.0. The predicted molar refractivity (Wildman–Crippen MR) is 128 cm³/mol. The van der Waals surface area contributed by atoms with Crippen molar-refractivity contribution < 1.29 is 14.6 Å². The fourth-order valence-corrected chi connectivity index (χ4v) is 5.44. The molecule has 2 aliphatic rings. The smallest absolute Gasteiger partial charge is 0.411 e. The van der Waals surface area contributed by atoms with Crippen LogP contribution in [0.4, 0.5) is 4.79 Å². The molecular weight excluding hydrogens is 412 g/mol. The van der Waals surface area contributed by atoms with Crippen molar-refractivity contribution in [2.45, 2.75) is 44.0 Å². The lowest BCUT2D eigenvalue weighted by Crippen LogP contribution is -2.58. The number of hydrogen-bond donors (Lipinski definition) is 1. The Hall–Kier alpha value is -3.31. The predicted octanol–water partition coefficient (Wildman–Crippen LogP) is 5.29. The van der Waals surface area contributed by atoms with Gasteiger partial charge in [0.2, 0.25) is 0 Å². The average molecular weight is 443 g/mol. The van der Waals surface area contributed by atoms with Crippen LogP contribution in [0.15, 0.2) is 84.9 Å². The van der Waals surface area contributed by atoms with Crippen molar-refractivity contribution in [3.05, 3.63) is 102 Å². The van der Waals surface area contributed by atoms with E-state index in [0.717, 1.165) is 43.6 Å². The molecule has 3 aromatic rings. The number of phenols is 1. The topological polar surface area (TPSA) is 53.0 Å². The van der Waals surface area contributed by atoms with Gasteiger partial charge in [-0.15, -0.1) is 0 Å². The Morgan fingerprint density at radius 1 is 0.818 bits per heavy atom. The second-order valence-corrected chi connectivity index (χ2v) is 9.31. The molecule has 2 fully saturated rings. The Kier molecular flexibility index (Phi) is 5.59. The van der Waals surface area contributed by atoms with Gasteiger partial charge in [0.15, 0.2) is 0 Å². The molecule has 1 amide bonds. The van der Waals surface area contributed by atoms with Crippen molar-refractivity contribution in [2.24, 2.45) is 0 Å². The Labute approximate surface area is 195 Å². The first-order valence-electron chi connectivity index (χ1n) is 11.6. The van der Waals surface area contributed by atoms with Gasteiger partial charge in [-0.3, -0.25) is 9.80 Å². The molecule has 1 spiro atoms. The number of rotatable bonds is 5. The molecule has 0 bridgehead atoms. The number of phenolic OH excluding ortho intramolecular Hbond substituents is 1. The molecule has 2 heterocycles. The highest BCUT2D eigenvalue weighted by Crippen LogP contribution is 2.52. The summed E-state index contributed by atoms with van der Waals surface area (Å²) in [7, 11) is 0. The van der Waals surface area contributed by atoms with E-state index in [2.05, 4.69) is 36.1 Å². The lowest BCUT2D eigenvalue weighted by Gasteiger charge is -2.48. The molecule has 3 aromatic carbocycles. The summed E-state index contributed by atoms with van der Waals surface area (Å²) in [5.41, 5.74) is 2.23. The van der Waals surface area contributed by atoms with E-state index in [1.807, 2.05) is 53.4 Å². The minimum absolute atomic E-state index is 0.239. The summed E-state index contributed by atoms with van der Waals surface area (Å²) in [5.74, 6) is 0.284. The van der Waals surface area contributed by atoms with Crippen LogP contribution in [0.25, 0.3) is 0 Å². The summed E-state index contributed by atoms with van der Waals surface area (Å²) in [6.07, 6.45) is 1.30. The normalized spacial score (nSPS) is 22.5. The molecule has 2 saturated heterocycles.